The highest BCUT2D eigenvalue weighted by Crippen LogP contribution is 2.32. The normalized spacial score (nSPS) is 14.1. The van der Waals surface area contributed by atoms with Gasteiger partial charge in [0.05, 0.1) is 1.37 Å². The van der Waals surface area contributed by atoms with E-state index in [0.29, 0.717) is 6.04 Å². The third-order valence-corrected chi connectivity index (χ3v) is 2.89. The summed E-state index contributed by atoms with van der Waals surface area (Å²) in [4.78, 5) is 0. The molecule has 0 aliphatic heterocycles. The number of aryl methyl sites for hydroxylation is 2. The van der Waals surface area contributed by atoms with Crippen LogP contribution in [0, 0.1) is 0 Å². The molecule has 68 valence electrons. The molecule has 3 rings (SSSR count). The van der Waals surface area contributed by atoms with Gasteiger partial charge in [0.25, 0.3) is 0 Å². The molecule has 2 aromatic carbocycles. The van der Waals surface area contributed by atoms with Gasteiger partial charge in [-0.25, -0.2) is 0 Å². The van der Waals surface area contributed by atoms with Crippen molar-refractivity contribution in [2.24, 2.45) is 0 Å². The van der Waals surface area contributed by atoms with Gasteiger partial charge in [0.15, 0.2) is 0 Å². The topological polar surface area (TPSA) is 0 Å². The number of hydrogen-bond donors (Lipinski definition) is 0. The fourth-order valence-corrected chi connectivity index (χ4v) is 2.18. The first-order valence-corrected chi connectivity index (χ1v) is 5.03. The summed E-state index contributed by atoms with van der Waals surface area (Å²) in [6.45, 7) is 0. The predicted molar refractivity (Wildman–Crippen MR) is 59.3 cm³/mol. The van der Waals surface area contributed by atoms with Gasteiger partial charge in [0.1, 0.15) is 0 Å². The second-order valence-corrected chi connectivity index (χ2v) is 3.73. The molecule has 0 saturated heterocycles. The first kappa shape index (κ1) is 6.83. The van der Waals surface area contributed by atoms with Crippen molar-refractivity contribution in [3.05, 3.63) is 59.6 Å². The van der Waals surface area contributed by atoms with Crippen LogP contribution in [0.25, 0.3) is 11.1 Å². The molecule has 14 heavy (non-hydrogen) atoms. The van der Waals surface area contributed by atoms with Crippen molar-refractivity contribution in [1.29, 1.82) is 0 Å². The Morgan fingerprint density at radius 1 is 0.786 bits per heavy atom. The Bertz CT molecular complexity index is 514. The standard InChI is InChI=1S/C14H12/c1-3-7-13-11(5-1)9-10-12-6-2-4-8-14(12)13/h1-8H,9-10H2/i7T. The van der Waals surface area contributed by atoms with E-state index >= 15 is 0 Å². The predicted octanol–water partition coefficient (Wildman–Crippen LogP) is 3.45. The molecule has 0 heteroatoms. The van der Waals surface area contributed by atoms with Gasteiger partial charge < -0.3 is 0 Å². The molecule has 0 amide bonds. The second kappa shape index (κ2) is 2.98. The quantitative estimate of drug-likeness (QED) is 0.585. The summed E-state index contributed by atoms with van der Waals surface area (Å²) in [7, 11) is 0. The Morgan fingerprint density at radius 3 is 2.29 bits per heavy atom. The highest BCUT2D eigenvalue weighted by molar-refractivity contribution is 5.72. The van der Waals surface area contributed by atoms with Crippen LogP contribution < -0.4 is 0 Å². The zero-order chi connectivity index (χ0) is 10.3. The van der Waals surface area contributed by atoms with E-state index in [1.807, 2.05) is 12.1 Å². The lowest BCUT2D eigenvalue weighted by Gasteiger charge is -2.19. The maximum Gasteiger partial charge on any atom is 0.0629 e. The molecule has 0 heterocycles. The zero-order valence-electron chi connectivity index (χ0n) is 8.96. The van der Waals surface area contributed by atoms with Crippen LogP contribution in [0.4, 0.5) is 0 Å². The molecule has 0 radical (unpaired) electrons. The SMILES string of the molecule is [3H]c1cccc2c1-c1ccccc1CC2. The van der Waals surface area contributed by atoms with Crippen LogP contribution in [0.15, 0.2) is 48.5 Å². The lowest BCUT2D eigenvalue weighted by molar-refractivity contribution is 0.942. The smallest absolute Gasteiger partial charge is 0.0620 e. The molecule has 0 N–H and O–H groups in total. The largest absolute Gasteiger partial charge is 0.0629 e. The molecule has 0 unspecified atom stereocenters. The second-order valence-electron chi connectivity index (χ2n) is 3.73. The molecule has 0 saturated carbocycles. The average molecular weight is 182 g/mol. The van der Waals surface area contributed by atoms with E-state index in [-0.39, 0.29) is 0 Å². The van der Waals surface area contributed by atoms with E-state index in [1.54, 1.807) is 0 Å². The summed E-state index contributed by atoms with van der Waals surface area (Å²) in [6.07, 6.45) is 2.17. The van der Waals surface area contributed by atoms with Gasteiger partial charge in [-0.3, -0.25) is 0 Å². The Kier molecular flexibility index (Phi) is 1.46. The molecular formula is C14H12. The monoisotopic (exact) mass is 182 g/mol. The number of benzene rings is 2. The Balaban J connectivity index is 2.33. The Hall–Kier alpha value is -1.56. The van der Waals surface area contributed by atoms with Crippen LogP contribution in [0.2, 0.25) is 0 Å². The first-order chi connectivity index (χ1) is 7.36. The van der Waals surface area contributed by atoms with E-state index in [0.717, 1.165) is 18.4 Å². The highest BCUT2D eigenvalue weighted by Gasteiger charge is 2.13. The highest BCUT2D eigenvalue weighted by atomic mass is 14.2. The summed E-state index contributed by atoms with van der Waals surface area (Å²) in [5, 5.41) is 0. The van der Waals surface area contributed by atoms with E-state index in [2.05, 4.69) is 30.3 Å². The number of rotatable bonds is 0. The zero-order valence-corrected chi connectivity index (χ0v) is 7.96. The van der Waals surface area contributed by atoms with Gasteiger partial charge in [-0.05, 0) is 35.1 Å². The fourth-order valence-electron chi connectivity index (χ4n) is 2.18. The summed E-state index contributed by atoms with van der Waals surface area (Å²) in [5.41, 5.74) is 5.09. The number of hydrogen-bond acceptors (Lipinski definition) is 0. The third kappa shape index (κ3) is 1.07. The maximum atomic E-state index is 7.98. The van der Waals surface area contributed by atoms with Crippen LogP contribution >= 0.6 is 0 Å². The molecule has 0 bridgehead atoms. The fraction of sp³-hybridized carbons (Fsp3) is 0.143. The van der Waals surface area contributed by atoms with Crippen molar-refractivity contribution in [3.63, 3.8) is 0 Å². The average Bonchev–Trinajstić information content (AvgIpc) is 2.29. The molecule has 0 atom stereocenters. The summed E-state index contributed by atoms with van der Waals surface area (Å²) >= 11 is 0. The van der Waals surface area contributed by atoms with Gasteiger partial charge in [0, 0.05) is 0 Å². The molecular weight excluding hydrogens is 168 g/mol. The van der Waals surface area contributed by atoms with E-state index in [9.17, 15) is 0 Å². The van der Waals surface area contributed by atoms with Crippen LogP contribution in [-0.2, 0) is 12.8 Å². The van der Waals surface area contributed by atoms with Crippen molar-refractivity contribution >= 4 is 0 Å². The van der Waals surface area contributed by atoms with Gasteiger partial charge in [-0.1, -0.05) is 48.5 Å². The van der Waals surface area contributed by atoms with Crippen molar-refractivity contribution < 1.29 is 1.37 Å². The van der Waals surface area contributed by atoms with Crippen molar-refractivity contribution in [1.82, 2.24) is 0 Å². The van der Waals surface area contributed by atoms with Gasteiger partial charge in [-0.2, -0.15) is 0 Å². The summed E-state index contributed by atoms with van der Waals surface area (Å²) in [5.74, 6) is 0. The van der Waals surface area contributed by atoms with Crippen molar-refractivity contribution in [2.45, 2.75) is 12.8 Å². The van der Waals surface area contributed by atoms with Crippen LogP contribution in [0.3, 0.4) is 0 Å². The van der Waals surface area contributed by atoms with Crippen molar-refractivity contribution in [3.8, 4) is 11.1 Å². The van der Waals surface area contributed by atoms with Crippen LogP contribution in [-0.4, -0.2) is 0 Å². The lowest BCUT2D eigenvalue weighted by Crippen LogP contribution is -2.02. The summed E-state index contributed by atoms with van der Waals surface area (Å²) < 4.78 is 7.98. The third-order valence-electron chi connectivity index (χ3n) is 2.89. The van der Waals surface area contributed by atoms with Gasteiger partial charge in [-0.15, -0.1) is 0 Å². The van der Waals surface area contributed by atoms with E-state index in [1.165, 1.54) is 16.7 Å². The van der Waals surface area contributed by atoms with Gasteiger partial charge >= 0.3 is 0 Å². The molecule has 0 fully saturated rings. The molecule has 0 nitrogen and oxygen atoms in total. The molecule has 0 aromatic heterocycles. The minimum atomic E-state index is 0.652. The van der Waals surface area contributed by atoms with Crippen molar-refractivity contribution in [2.75, 3.05) is 0 Å². The lowest BCUT2D eigenvalue weighted by atomic mass is 9.86. The minimum absolute atomic E-state index is 0.652. The van der Waals surface area contributed by atoms with E-state index in [4.69, 9.17) is 1.37 Å². The maximum absolute atomic E-state index is 7.98. The Labute approximate surface area is 85.6 Å². The van der Waals surface area contributed by atoms with Gasteiger partial charge in [0.2, 0.25) is 0 Å². The molecule has 0 spiro atoms. The molecule has 1 aliphatic rings. The van der Waals surface area contributed by atoms with E-state index < -0.39 is 0 Å². The van der Waals surface area contributed by atoms with Crippen LogP contribution in [0.1, 0.15) is 12.5 Å². The number of fused-ring (bicyclic) bond motifs is 3. The first-order valence-electron chi connectivity index (χ1n) is 5.53. The summed E-state index contributed by atoms with van der Waals surface area (Å²) in [6, 6.07) is 15.1. The molecule has 1 aliphatic carbocycles. The van der Waals surface area contributed by atoms with Crippen LogP contribution in [0.5, 0.6) is 0 Å². The Morgan fingerprint density at radius 2 is 1.43 bits per heavy atom. The molecule has 2 aromatic rings. The minimum Gasteiger partial charge on any atom is -0.0620 e.